The first-order valence-corrected chi connectivity index (χ1v) is 8.39. The molecule has 0 radical (unpaired) electrons. The molecule has 1 fully saturated rings. The molecule has 0 atom stereocenters. The zero-order valence-corrected chi connectivity index (χ0v) is 14.1. The summed E-state index contributed by atoms with van der Waals surface area (Å²) in [4.78, 5) is 25.1. The number of amides is 1. The lowest BCUT2D eigenvalue weighted by Crippen LogP contribution is -2.48. The van der Waals surface area contributed by atoms with E-state index in [1.807, 2.05) is 17.0 Å². The van der Waals surface area contributed by atoms with Crippen molar-refractivity contribution in [1.29, 1.82) is 0 Å². The van der Waals surface area contributed by atoms with Crippen molar-refractivity contribution in [3.05, 3.63) is 60.4 Å². The highest BCUT2D eigenvalue weighted by molar-refractivity contribution is 5.92. The van der Waals surface area contributed by atoms with Gasteiger partial charge in [0.15, 0.2) is 0 Å². The summed E-state index contributed by atoms with van der Waals surface area (Å²) in [7, 11) is 0. The highest BCUT2D eigenvalue weighted by Gasteiger charge is 2.23. The Morgan fingerprint density at radius 2 is 1.85 bits per heavy atom. The molecule has 4 rings (SSSR count). The number of hydrogen-bond donors (Lipinski definition) is 0. The molecule has 9 nitrogen and oxygen atoms in total. The van der Waals surface area contributed by atoms with Crippen LogP contribution in [0.3, 0.4) is 0 Å². The van der Waals surface area contributed by atoms with E-state index in [9.17, 15) is 4.79 Å². The predicted molar refractivity (Wildman–Crippen MR) is 92.4 cm³/mol. The van der Waals surface area contributed by atoms with Crippen LogP contribution in [0.1, 0.15) is 16.1 Å². The zero-order chi connectivity index (χ0) is 17.8. The second-order valence-corrected chi connectivity index (χ2v) is 6.08. The Kier molecular flexibility index (Phi) is 4.61. The molecule has 26 heavy (non-hydrogen) atoms. The number of aromatic nitrogens is 6. The molecule has 1 amide bonds. The lowest BCUT2D eigenvalue weighted by molar-refractivity contribution is 0.0622. The molecule has 3 aromatic heterocycles. The molecular formula is C17H18N8O. The summed E-state index contributed by atoms with van der Waals surface area (Å²) < 4.78 is 1.50. The molecule has 0 spiro atoms. The first kappa shape index (κ1) is 16.3. The van der Waals surface area contributed by atoms with Crippen molar-refractivity contribution in [2.75, 3.05) is 26.2 Å². The molecule has 0 saturated carbocycles. The Bertz CT molecular complexity index is 842. The topological polar surface area (TPSA) is 92.9 Å². The van der Waals surface area contributed by atoms with Gasteiger partial charge in [-0.1, -0.05) is 0 Å². The number of tetrazole rings is 1. The van der Waals surface area contributed by atoms with Gasteiger partial charge in [-0.15, -0.1) is 5.10 Å². The summed E-state index contributed by atoms with van der Waals surface area (Å²) in [6.07, 6.45) is 6.70. The van der Waals surface area contributed by atoms with Crippen molar-refractivity contribution >= 4 is 5.91 Å². The Morgan fingerprint density at radius 3 is 2.50 bits per heavy atom. The van der Waals surface area contributed by atoms with Crippen LogP contribution in [-0.2, 0) is 6.54 Å². The van der Waals surface area contributed by atoms with Gasteiger partial charge in [-0.2, -0.15) is 4.68 Å². The second-order valence-electron chi connectivity index (χ2n) is 6.08. The molecule has 0 aliphatic carbocycles. The molecule has 1 saturated heterocycles. The minimum Gasteiger partial charge on any atom is -0.335 e. The Hall–Kier alpha value is -3.20. The largest absolute Gasteiger partial charge is 0.335 e. The van der Waals surface area contributed by atoms with Gasteiger partial charge in [-0.05, 0) is 40.3 Å². The van der Waals surface area contributed by atoms with E-state index >= 15 is 0 Å². The van der Waals surface area contributed by atoms with E-state index in [2.05, 4.69) is 30.4 Å². The van der Waals surface area contributed by atoms with Crippen LogP contribution in [0.4, 0.5) is 0 Å². The lowest BCUT2D eigenvalue weighted by Gasteiger charge is -2.34. The molecule has 0 unspecified atom stereocenters. The average Bonchev–Trinajstić information content (AvgIpc) is 3.24. The highest BCUT2D eigenvalue weighted by Crippen LogP contribution is 2.11. The summed E-state index contributed by atoms with van der Waals surface area (Å²) in [6, 6.07) is 7.54. The SMILES string of the molecule is O=C(c1ccc(-n2cnnn2)cn1)N1CCN(Cc2ccncc2)CC1. The number of hydrogen-bond acceptors (Lipinski definition) is 7. The average molecular weight is 350 g/mol. The van der Waals surface area contributed by atoms with E-state index in [1.165, 1.54) is 16.6 Å². The summed E-state index contributed by atoms with van der Waals surface area (Å²) >= 11 is 0. The number of pyridine rings is 2. The molecule has 1 aliphatic heterocycles. The molecular weight excluding hydrogens is 332 g/mol. The number of rotatable bonds is 4. The maximum absolute atomic E-state index is 12.7. The quantitative estimate of drug-likeness (QED) is 0.673. The van der Waals surface area contributed by atoms with Gasteiger partial charge in [0, 0.05) is 45.1 Å². The van der Waals surface area contributed by atoms with Crippen molar-refractivity contribution in [2.45, 2.75) is 6.54 Å². The van der Waals surface area contributed by atoms with Gasteiger partial charge in [0.1, 0.15) is 12.0 Å². The molecule has 4 heterocycles. The van der Waals surface area contributed by atoms with Crippen molar-refractivity contribution in [3.8, 4) is 5.69 Å². The fraction of sp³-hybridized carbons (Fsp3) is 0.294. The van der Waals surface area contributed by atoms with E-state index in [4.69, 9.17) is 0 Å². The lowest BCUT2D eigenvalue weighted by atomic mass is 10.2. The van der Waals surface area contributed by atoms with Gasteiger partial charge in [0.2, 0.25) is 0 Å². The Morgan fingerprint density at radius 1 is 1.04 bits per heavy atom. The van der Waals surface area contributed by atoms with E-state index in [-0.39, 0.29) is 5.91 Å². The summed E-state index contributed by atoms with van der Waals surface area (Å²) in [6.45, 7) is 3.96. The molecule has 3 aromatic rings. The molecule has 9 heteroatoms. The second kappa shape index (κ2) is 7.36. The summed E-state index contributed by atoms with van der Waals surface area (Å²) in [5.74, 6) is -0.0446. The normalized spacial score (nSPS) is 15.2. The maximum atomic E-state index is 12.7. The van der Waals surface area contributed by atoms with Gasteiger partial charge in [-0.25, -0.2) is 4.98 Å². The third-order valence-corrected chi connectivity index (χ3v) is 4.40. The summed E-state index contributed by atoms with van der Waals surface area (Å²) in [5.41, 5.74) is 2.39. The first-order chi connectivity index (χ1) is 12.8. The van der Waals surface area contributed by atoms with E-state index in [0.29, 0.717) is 24.5 Å². The van der Waals surface area contributed by atoms with Crippen LogP contribution in [0.2, 0.25) is 0 Å². The standard InChI is InChI=1S/C17H18N8O/c26-17(16-2-1-15(11-19-16)25-13-20-21-22-25)24-9-7-23(8-10-24)12-14-3-5-18-6-4-14/h1-6,11,13H,7-10,12H2. The van der Waals surface area contributed by atoms with Crippen LogP contribution in [0.15, 0.2) is 49.2 Å². The monoisotopic (exact) mass is 350 g/mol. The fourth-order valence-electron chi connectivity index (χ4n) is 2.95. The van der Waals surface area contributed by atoms with Gasteiger partial charge in [0.25, 0.3) is 5.91 Å². The fourth-order valence-corrected chi connectivity index (χ4v) is 2.95. The van der Waals surface area contributed by atoms with Crippen LogP contribution < -0.4 is 0 Å². The Balaban J connectivity index is 1.34. The minimum absolute atomic E-state index is 0.0446. The van der Waals surface area contributed by atoms with Gasteiger partial charge >= 0.3 is 0 Å². The van der Waals surface area contributed by atoms with Gasteiger partial charge in [0.05, 0.1) is 11.9 Å². The smallest absolute Gasteiger partial charge is 0.272 e. The number of nitrogens with zero attached hydrogens (tertiary/aromatic N) is 8. The number of carbonyl (C=O) groups excluding carboxylic acids is 1. The Labute approximate surface area is 150 Å². The van der Waals surface area contributed by atoms with Crippen LogP contribution in [0, 0.1) is 0 Å². The minimum atomic E-state index is -0.0446. The van der Waals surface area contributed by atoms with Crippen LogP contribution >= 0.6 is 0 Å². The van der Waals surface area contributed by atoms with Crippen molar-refractivity contribution in [2.24, 2.45) is 0 Å². The maximum Gasteiger partial charge on any atom is 0.272 e. The van der Waals surface area contributed by atoms with E-state index in [0.717, 1.165) is 19.6 Å². The number of carbonyl (C=O) groups is 1. The molecule has 0 bridgehead atoms. The highest BCUT2D eigenvalue weighted by atomic mass is 16.2. The molecule has 0 aromatic carbocycles. The van der Waals surface area contributed by atoms with Crippen molar-refractivity contribution in [1.82, 2.24) is 40.0 Å². The first-order valence-electron chi connectivity index (χ1n) is 8.39. The molecule has 132 valence electrons. The summed E-state index contributed by atoms with van der Waals surface area (Å²) in [5, 5.41) is 11.0. The zero-order valence-electron chi connectivity index (χ0n) is 14.1. The van der Waals surface area contributed by atoms with Crippen LogP contribution in [-0.4, -0.2) is 72.1 Å². The van der Waals surface area contributed by atoms with E-state index < -0.39 is 0 Å². The molecule has 0 N–H and O–H groups in total. The van der Waals surface area contributed by atoms with Gasteiger partial charge in [-0.3, -0.25) is 14.7 Å². The van der Waals surface area contributed by atoms with Crippen molar-refractivity contribution < 1.29 is 4.79 Å². The van der Waals surface area contributed by atoms with E-state index in [1.54, 1.807) is 30.7 Å². The third kappa shape index (κ3) is 3.57. The molecule has 1 aliphatic rings. The van der Waals surface area contributed by atoms with Crippen LogP contribution in [0.5, 0.6) is 0 Å². The predicted octanol–water partition coefficient (Wildman–Crippen LogP) is 0.410. The van der Waals surface area contributed by atoms with Gasteiger partial charge < -0.3 is 4.90 Å². The van der Waals surface area contributed by atoms with Crippen LogP contribution in [0.25, 0.3) is 5.69 Å². The number of piperazine rings is 1. The van der Waals surface area contributed by atoms with Crippen molar-refractivity contribution in [3.63, 3.8) is 0 Å². The third-order valence-electron chi connectivity index (χ3n) is 4.40.